The molecule has 0 aliphatic rings. The first-order chi connectivity index (χ1) is 23.7. The lowest BCUT2D eigenvalue weighted by Crippen LogP contribution is -2.30. The minimum absolute atomic E-state index is 0.0665. The summed E-state index contributed by atoms with van der Waals surface area (Å²) in [5, 5.41) is 0. The molecule has 290 valence electrons. The van der Waals surface area contributed by atoms with Crippen LogP contribution in [0.2, 0.25) is 0 Å². The van der Waals surface area contributed by atoms with Gasteiger partial charge in [-0.1, -0.05) is 189 Å². The summed E-state index contributed by atoms with van der Waals surface area (Å²) in [6, 6.07) is 0. The first-order valence-corrected chi connectivity index (χ1v) is 21.2. The van der Waals surface area contributed by atoms with Gasteiger partial charge in [0.1, 0.15) is 13.2 Å². The zero-order chi connectivity index (χ0) is 36.2. The second-order valence-electron chi connectivity index (χ2n) is 15.6. The molecule has 0 saturated heterocycles. The zero-order valence-corrected chi connectivity index (χ0v) is 33.3. The molecule has 6 nitrogen and oxygen atoms in total. The van der Waals surface area contributed by atoms with Crippen LogP contribution in [0, 0.1) is 11.8 Å². The minimum Gasteiger partial charge on any atom is -0.462 e. The number of unbranched alkanes of at least 4 members (excludes halogenated alkanes) is 22. The standard InChI is InChI=1S/C43H82O6/c1-6-7-8-9-16-25-30-35-43(46)49-40(37-48-42(45)34-29-24-20-19-22-27-32-39(4)5)36-47-41(44)33-28-23-18-15-13-11-10-12-14-17-21-26-31-38(2)3/h38-40H,6-37H2,1-5H3/t40-/m0/s1. The average Bonchev–Trinajstić information content (AvgIpc) is 3.06. The monoisotopic (exact) mass is 695 g/mol. The van der Waals surface area contributed by atoms with E-state index in [2.05, 4.69) is 34.6 Å². The van der Waals surface area contributed by atoms with Crippen molar-refractivity contribution in [3.63, 3.8) is 0 Å². The molecule has 49 heavy (non-hydrogen) atoms. The Morgan fingerprint density at radius 1 is 0.388 bits per heavy atom. The molecule has 1 atom stereocenters. The van der Waals surface area contributed by atoms with E-state index in [1.165, 1.54) is 116 Å². The highest BCUT2D eigenvalue weighted by Crippen LogP contribution is 2.16. The molecular weight excluding hydrogens is 612 g/mol. The summed E-state index contributed by atoms with van der Waals surface area (Å²) in [5.41, 5.74) is 0. The van der Waals surface area contributed by atoms with Gasteiger partial charge in [0.15, 0.2) is 6.10 Å². The molecule has 0 fully saturated rings. The molecule has 0 N–H and O–H groups in total. The highest BCUT2D eigenvalue weighted by Gasteiger charge is 2.19. The molecule has 0 amide bonds. The van der Waals surface area contributed by atoms with Crippen molar-refractivity contribution in [1.29, 1.82) is 0 Å². The summed E-state index contributed by atoms with van der Waals surface area (Å²) in [7, 11) is 0. The van der Waals surface area contributed by atoms with Crippen molar-refractivity contribution in [3.8, 4) is 0 Å². The van der Waals surface area contributed by atoms with Crippen LogP contribution in [-0.2, 0) is 28.6 Å². The van der Waals surface area contributed by atoms with E-state index in [9.17, 15) is 14.4 Å². The molecule has 0 unspecified atom stereocenters. The summed E-state index contributed by atoms with van der Waals surface area (Å²) in [5.74, 6) is 0.725. The molecule has 0 aliphatic carbocycles. The van der Waals surface area contributed by atoms with Gasteiger partial charge in [-0.2, -0.15) is 0 Å². The topological polar surface area (TPSA) is 78.9 Å². The SMILES string of the molecule is CCCCCCCCCC(=O)O[C@@H](COC(=O)CCCCCCCCCCCCCCC(C)C)COC(=O)CCCCCCCCC(C)C. The number of ether oxygens (including phenoxy) is 3. The molecule has 0 heterocycles. The molecule has 0 aromatic carbocycles. The van der Waals surface area contributed by atoms with E-state index in [0.717, 1.165) is 69.6 Å². The number of carbonyl (C=O) groups excluding carboxylic acids is 3. The van der Waals surface area contributed by atoms with Crippen LogP contribution in [0.4, 0.5) is 0 Å². The predicted molar refractivity (Wildman–Crippen MR) is 206 cm³/mol. The van der Waals surface area contributed by atoms with E-state index >= 15 is 0 Å². The molecule has 0 aromatic heterocycles. The van der Waals surface area contributed by atoms with Gasteiger partial charge in [-0.3, -0.25) is 14.4 Å². The second kappa shape index (κ2) is 36.2. The van der Waals surface area contributed by atoms with Gasteiger partial charge in [-0.05, 0) is 31.1 Å². The van der Waals surface area contributed by atoms with Crippen molar-refractivity contribution in [2.75, 3.05) is 13.2 Å². The Balaban J connectivity index is 4.23. The summed E-state index contributed by atoms with van der Waals surface area (Å²) in [4.78, 5) is 37.4. The molecule has 0 spiro atoms. The van der Waals surface area contributed by atoms with Gasteiger partial charge < -0.3 is 14.2 Å². The van der Waals surface area contributed by atoms with E-state index in [4.69, 9.17) is 14.2 Å². The number of esters is 3. The van der Waals surface area contributed by atoms with Crippen LogP contribution < -0.4 is 0 Å². The quantitative estimate of drug-likeness (QED) is 0.0366. The number of rotatable bonds is 37. The van der Waals surface area contributed by atoms with Crippen LogP contribution >= 0.6 is 0 Å². The Labute approximate surface area is 304 Å². The van der Waals surface area contributed by atoms with Crippen LogP contribution in [-0.4, -0.2) is 37.2 Å². The number of hydrogen-bond acceptors (Lipinski definition) is 6. The van der Waals surface area contributed by atoms with Crippen molar-refractivity contribution in [2.45, 2.75) is 233 Å². The summed E-state index contributed by atoms with van der Waals surface area (Å²) >= 11 is 0. The van der Waals surface area contributed by atoms with Gasteiger partial charge >= 0.3 is 17.9 Å². The summed E-state index contributed by atoms with van der Waals surface area (Å²) < 4.78 is 16.6. The fourth-order valence-corrected chi connectivity index (χ4v) is 6.22. The van der Waals surface area contributed by atoms with E-state index < -0.39 is 6.10 Å². The fraction of sp³-hybridized carbons (Fsp3) is 0.930. The highest BCUT2D eigenvalue weighted by atomic mass is 16.6. The van der Waals surface area contributed by atoms with Gasteiger partial charge in [0, 0.05) is 19.3 Å². The van der Waals surface area contributed by atoms with Crippen LogP contribution in [0.25, 0.3) is 0 Å². The largest absolute Gasteiger partial charge is 0.462 e. The van der Waals surface area contributed by atoms with Crippen molar-refractivity contribution >= 4 is 17.9 Å². The third kappa shape index (κ3) is 37.5. The Morgan fingerprint density at radius 2 is 0.673 bits per heavy atom. The van der Waals surface area contributed by atoms with Crippen LogP contribution in [0.1, 0.15) is 227 Å². The maximum absolute atomic E-state index is 12.6. The first-order valence-electron chi connectivity index (χ1n) is 21.2. The molecule has 0 saturated carbocycles. The lowest BCUT2D eigenvalue weighted by Gasteiger charge is -2.18. The highest BCUT2D eigenvalue weighted by molar-refractivity contribution is 5.71. The lowest BCUT2D eigenvalue weighted by atomic mass is 10.0. The molecule has 0 rings (SSSR count). The Hall–Kier alpha value is -1.59. The van der Waals surface area contributed by atoms with Gasteiger partial charge in [-0.25, -0.2) is 0 Å². The molecule has 0 aliphatic heterocycles. The molecular formula is C43H82O6. The van der Waals surface area contributed by atoms with Crippen LogP contribution in [0.15, 0.2) is 0 Å². The van der Waals surface area contributed by atoms with E-state index in [1.54, 1.807) is 0 Å². The zero-order valence-electron chi connectivity index (χ0n) is 33.3. The molecule has 0 bridgehead atoms. The van der Waals surface area contributed by atoms with Crippen molar-refractivity contribution < 1.29 is 28.6 Å². The predicted octanol–water partition coefficient (Wildman–Crippen LogP) is 13.0. The molecule has 0 radical (unpaired) electrons. The average molecular weight is 695 g/mol. The van der Waals surface area contributed by atoms with Gasteiger partial charge in [0.05, 0.1) is 0 Å². The number of carbonyl (C=O) groups is 3. The van der Waals surface area contributed by atoms with E-state index in [0.29, 0.717) is 19.3 Å². The third-order valence-electron chi connectivity index (χ3n) is 9.47. The maximum atomic E-state index is 12.6. The van der Waals surface area contributed by atoms with Crippen molar-refractivity contribution in [1.82, 2.24) is 0 Å². The Kier molecular flexibility index (Phi) is 35.0. The van der Waals surface area contributed by atoms with Gasteiger partial charge in [0.25, 0.3) is 0 Å². The lowest BCUT2D eigenvalue weighted by molar-refractivity contribution is -0.167. The van der Waals surface area contributed by atoms with Gasteiger partial charge in [0.2, 0.25) is 0 Å². The van der Waals surface area contributed by atoms with E-state index in [-0.39, 0.29) is 31.1 Å². The summed E-state index contributed by atoms with van der Waals surface area (Å²) in [6.45, 7) is 11.2. The van der Waals surface area contributed by atoms with E-state index in [1.807, 2.05) is 0 Å². The first kappa shape index (κ1) is 47.4. The Bertz CT molecular complexity index is 749. The summed E-state index contributed by atoms with van der Waals surface area (Å²) in [6.07, 6.45) is 32.6. The molecule has 0 aromatic rings. The fourth-order valence-electron chi connectivity index (χ4n) is 6.22. The van der Waals surface area contributed by atoms with Crippen molar-refractivity contribution in [3.05, 3.63) is 0 Å². The Morgan fingerprint density at radius 3 is 1.00 bits per heavy atom. The van der Waals surface area contributed by atoms with Crippen molar-refractivity contribution in [2.24, 2.45) is 11.8 Å². The minimum atomic E-state index is -0.758. The molecule has 6 heteroatoms. The van der Waals surface area contributed by atoms with Crippen LogP contribution in [0.5, 0.6) is 0 Å². The van der Waals surface area contributed by atoms with Crippen LogP contribution in [0.3, 0.4) is 0 Å². The normalized spacial score (nSPS) is 12.1. The smallest absolute Gasteiger partial charge is 0.306 e. The number of hydrogen-bond donors (Lipinski definition) is 0. The van der Waals surface area contributed by atoms with Gasteiger partial charge in [-0.15, -0.1) is 0 Å². The maximum Gasteiger partial charge on any atom is 0.306 e. The second-order valence-corrected chi connectivity index (χ2v) is 15.6. The third-order valence-corrected chi connectivity index (χ3v) is 9.47.